The van der Waals surface area contributed by atoms with Crippen molar-refractivity contribution in [2.45, 2.75) is 6.61 Å². The Morgan fingerprint density at radius 3 is 2.68 bits per heavy atom. The van der Waals surface area contributed by atoms with Crippen LogP contribution >= 0.6 is 11.6 Å². The molecule has 0 saturated heterocycles. The Hall–Kier alpha value is -2.56. The van der Waals surface area contributed by atoms with Crippen molar-refractivity contribution < 1.29 is 4.74 Å². The van der Waals surface area contributed by atoms with Crippen LogP contribution in [0.2, 0.25) is 5.02 Å². The number of aromatic nitrogens is 1. The highest BCUT2D eigenvalue weighted by Gasteiger charge is 2.04. The molecule has 0 bridgehead atoms. The number of pyridine rings is 1. The van der Waals surface area contributed by atoms with Crippen molar-refractivity contribution >= 4 is 11.6 Å². The number of hydrogen-bond donors (Lipinski definition) is 0. The molecule has 0 radical (unpaired) electrons. The number of halogens is 1. The second kappa shape index (κ2) is 5.86. The van der Waals surface area contributed by atoms with E-state index in [9.17, 15) is 0 Å². The van der Waals surface area contributed by atoms with E-state index >= 15 is 0 Å². The van der Waals surface area contributed by atoms with Gasteiger partial charge in [0.15, 0.2) is 0 Å². The lowest BCUT2D eigenvalue weighted by Crippen LogP contribution is -1.97. The number of rotatable bonds is 3. The van der Waals surface area contributed by atoms with Crippen LogP contribution in [-0.4, -0.2) is 4.98 Å². The lowest BCUT2D eigenvalue weighted by molar-refractivity contribution is 0.306. The standard InChI is InChI=1S/C14H8ClN3O/c15-13-6-10(7-16)1-2-14(13)19-9-11-3-4-18-12(5-11)8-17/h1-6H,9H2. The molecule has 5 heteroatoms. The van der Waals surface area contributed by atoms with Crippen molar-refractivity contribution in [1.29, 1.82) is 10.5 Å². The third-order valence-corrected chi connectivity index (χ3v) is 2.69. The summed E-state index contributed by atoms with van der Waals surface area (Å²) >= 11 is 5.99. The average Bonchev–Trinajstić information content (AvgIpc) is 2.46. The van der Waals surface area contributed by atoms with Crippen LogP contribution in [0.3, 0.4) is 0 Å². The molecule has 2 aromatic rings. The third kappa shape index (κ3) is 3.22. The van der Waals surface area contributed by atoms with Crippen LogP contribution in [0.1, 0.15) is 16.8 Å². The summed E-state index contributed by atoms with van der Waals surface area (Å²) in [7, 11) is 0. The van der Waals surface area contributed by atoms with E-state index in [1.165, 1.54) is 0 Å². The molecule has 0 atom stereocenters. The van der Waals surface area contributed by atoms with E-state index in [1.54, 1.807) is 36.5 Å². The monoisotopic (exact) mass is 269 g/mol. The molecular weight excluding hydrogens is 262 g/mol. The number of benzene rings is 1. The number of nitrogens with zero attached hydrogens (tertiary/aromatic N) is 3. The summed E-state index contributed by atoms with van der Waals surface area (Å²) in [5.41, 5.74) is 1.65. The molecule has 0 aliphatic carbocycles. The first-order valence-corrected chi connectivity index (χ1v) is 5.78. The molecule has 0 unspecified atom stereocenters. The van der Waals surface area contributed by atoms with E-state index in [2.05, 4.69) is 4.98 Å². The molecule has 0 aliphatic rings. The van der Waals surface area contributed by atoms with E-state index in [4.69, 9.17) is 26.9 Å². The van der Waals surface area contributed by atoms with E-state index in [1.807, 2.05) is 12.1 Å². The summed E-state index contributed by atoms with van der Waals surface area (Å²) < 4.78 is 5.54. The number of nitriles is 2. The zero-order valence-electron chi connectivity index (χ0n) is 9.80. The smallest absolute Gasteiger partial charge is 0.140 e. The van der Waals surface area contributed by atoms with Gasteiger partial charge in [0.05, 0.1) is 16.7 Å². The predicted octanol–water partition coefficient (Wildman–Crippen LogP) is 3.06. The molecule has 0 saturated carbocycles. The van der Waals surface area contributed by atoms with Crippen LogP contribution in [0, 0.1) is 22.7 Å². The van der Waals surface area contributed by atoms with E-state index in [0.29, 0.717) is 22.0 Å². The maximum atomic E-state index is 8.74. The molecule has 0 fully saturated rings. The zero-order valence-corrected chi connectivity index (χ0v) is 10.6. The molecule has 2 rings (SSSR count). The summed E-state index contributed by atoms with van der Waals surface area (Å²) in [4.78, 5) is 3.87. The van der Waals surface area contributed by atoms with Gasteiger partial charge < -0.3 is 4.74 Å². The average molecular weight is 270 g/mol. The van der Waals surface area contributed by atoms with Gasteiger partial charge in [-0.05, 0) is 35.9 Å². The van der Waals surface area contributed by atoms with Gasteiger partial charge >= 0.3 is 0 Å². The predicted molar refractivity (Wildman–Crippen MR) is 69.5 cm³/mol. The molecule has 4 nitrogen and oxygen atoms in total. The molecule has 0 spiro atoms. The Morgan fingerprint density at radius 2 is 2.00 bits per heavy atom. The van der Waals surface area contributed by atoms with Crippen LogP contribution in [0.4, 0.5) is 0 Å². The van der Waals surface area contributed by atoms with Gasteiger partial charge in [-0.15, -0.1) is 0 Å². The van der Waals surface area contributed by atoms with E-state index < -0.39 is 0 Å². The molecule has 0 N–H and O–H groups in total. The first-order chi connectivity index (χ1) is 9.22. The summed E-state index contributed by atoms with van der Waals surface area (Å²) in [5, 5.41) is 17.9. The normalized spacial score (nSPS) is 9.42. The number of hydrogen-bond acceptors (Lipinski definition) is 4. The number of ether oxygens (including phenoxy) is 1. The Morgan fingerprint density at radius 1 is 1.16 bits per heavy atom. The van der Waals surface area contributed by atoms with Crippen molar-refractivity contribution in [3.8, 4) is 17.9 Å². The van der Waals surface area contributed by atoms with Crippen molar-refractivity contribution in [2.24, 2.45) is 0 Å². The molecular formula is C14H8ClN3O. The molecule has 1 aromatic carbocycles. The molecule has 19 heavy (non-hydrogen) atoms. The molecule has 1 heterocycles. The van der Waals surface area contributed by atoms with Crippen LogP contribution in [-0.2, 0) is 6.61 Å². The highest BCUT2D eigenvalue weighted by atomic mass is 35.5. The van der Waals surface area contributed by atoms with Crippen LogP contribution in [0.5, 0.6) is 5.75 Å². The largest absolute Gasteiger partial charge is 0.487 e. The summed E-state index contributed by atoms with van der Waals surface area (Å²) in [6.45, 7) is 0.281. The fourth-order valence-electron chi connectivity index (χ4n) is 1.47. The Balaban J connectivity index is 2.11. The second-order valence-electron chi connectivity index (χ2n) is 3.71. The first-order valence-electron chi connectivity index (χ1n) is 5.40. The van der Waals surface area contributed by atoms with Crippen LogP contribution < -0.4 is 4.74 Å². The first kappa shape index (κ1) is 12.9. The van der Waals surface area contributed by atoms with Gasteiger partial charge in [0, 0.05) is 6.20 Å². The quantitative estimate of drug-likeness (QED) is 0.859. The highest BCUT2D eigenvalue weighted by Crippen LogP contribution is 2.26. The maximum absolute atomic E-state index is 8.74. The van der Waals surface area contributed by atoms with Crippen molar-refractivity contribution in [2.75, 3.05) is 0 Å². The van der Waals surface area contributed by atoms with Gasteiger partial charge in [0.25, 0.3) is 0 Å². The van der Waals surface area contributed by atoms with Gasteiger partial charge in [-0.25, -0.2) is 4.98 Å². The zero-order chi connectivity index (χ0) is 13.7. The molecule has 0 aliphatic heterocycles. The topological polar surface area (TPSA) is 69.7 Å². The minimum absolute atomic E-state index is 0.281. The van der Waals surface area contributed by atoms with E-state index in [-0.39, 0.29) is 6.61 Å². The summed E-state index contributed by atoms with van der Waals surface area (Å²) in [6.07, 6.45) is 1.55. The molecule has 92 valence electrons. The van der Waals surface area contributed by atoms with Crippen molar-refractivity contribution in [3.63, 3.8) is 0 Å². The van der Waals surface area contributed by atoms with Crippen LogP contribution in [0.25, 0.3) is 0 Å². The van der Waals surface area contributed by atoms with Gasteiger partial charge in [-0.2, -0.15) is 10.5 Å². The van der Waals surface area contributed by atoms with Gasteiger partial charge in [-0.3, -0.25) is 0 Å². The summed E-state index contributed by atoms with van der Waals surface area (Å²) in [6, 6.07) is 12.2. The Kier molecular flexibility index (Phi) is 3.97. The van der Waals surface area contributed by atoms with Crippen molar-refractivity contribution in [3.05, 3.63) is 58.4 Å². The van der Waals surface area contributed by atoms with Gasteiger partial charge in [0.1, 0.15) is 24.1 Å². The van der Waals surface area contributed by atoms with Gasteiger partial charge in [-0.1, -0.05) is 11.6 Å². The molecule has 1 aromatic heterocycles. The minimum atomic E-state index is 0.281. The fraction of sp³-hybridized carbons (Fsp3) is 0.0714. The second-order valence-corrected chi connectivity index (χ2v) is 4.11. The highest BCUT2D eigenvalue weighted by molar-refractivity contribution is 6.32. The minimum Gasteiger partial charge on any atom is -0.487 e. The Bertz CT molecular complexity index is 686. The fourth-order valence-corrected chi connectivity index (χ4v) is 1.71. The summed E-state index contributed by atoms with van der Waals surface area (Å²) in [5.74, 6) is 0.496. The van der Waals surface area contributed by atoms with Gasteiger partial charge in [0.2, 0.25) is 0 Å². The van der Waals surface area contributed by atoms with Crippen molar-refractivity contribution in [1.82, 2.24) is 4.98 Å². The van der Waals surface area contributed by atoms with Crippen LogP contribution in [0.15, 0.2) is 36.5 Å². The third-order valence-electron chi connectivity index (χ3n) is 2.39. The lowest BCUT2D eigenvalue weighted by Gasteiger charge is -2.08. The Labute approximate surface area is 115 Å². The molecule has 0 amide bonds. The SMILES string of the molecule is N#Cc1ccc(OCc2ccnc(C#N)c2)c(Cl)c1. The maximum Gasteiger partial charge on any atom is 0.140 e. The van der Waals surface area contributed by atoms with E-state index in [0.717, 1.165) is 5.56 Å². The lowest BCUT2D eigenvalue weighted by atomic mass is 10.2.